The van der Waals surface area contributed by atoms with Crippen molar-refractivity contribution in [3.8, 4) is 5.75 Å². The van der Waals surface area contributed by atoms with E-state index in [9.17, 15) is 9.90 Å². The molecule has 0 spiro atoms. The van der Waals surface area contributed by atoms with Gasteiger partial charge in [0.1, 0.15) is 5.75 Å². The topological polar surface area (TPSA) is 67.8 Å². The number of hydrogen-bond donors (Lipinski definition) is 2. The number of halogens is 1. The highest BCUT2D eigenvalue weighted by Crippen LogP contribution is 2.22. The number of aromatic hydroxyl groups is 1. The number of phenolic OH excluding ortho intramolecular Hbond substituents is 1. The van der Waals surface area contributed by atoms with Crippen LogP contribution in [0.5, 0.6) is 5.75 Å². The fourth-order valence-electron chi connectivity index (χ4n) is 1.67. The van der Waals surface area contributed by atoms with Gasteiger partial charge in [-0.2, -0.15) is 0 Å². The fourth-order valence-corrected chi connectivity index (χ4v) is 2.03. The van der Waals surface area contributed by atoms with Crippen molar-refractivity contribution in [3.05, 3.63) is 28.2 Å². The second kappa shape index (κ2) is 6.17. The summed E-state index contributed by atoms with van der Waals surface area (Å²) < 4.78 is 6.02. The van der Waals surface area contributed by atoms with Crippen LogP contribution in [0.4, 0.5) is 0 Å². The number of nitrogens with one attached hydrogen (secondary N) is 1. The standard InChI is InChI=1S/C12H14BrNO4/c13-8-4-5-10(15)9(7-8)12(16)14-18-11-3-1-2-6-17-11/h4-5,7,11,15H,1-3,6H2,(H,14,16)/t11-/m0/s1. The van der Waals surface area contributed by atoms with Gasteiger partial charge in [0.05, 0.1) is 5.56 Å². The van der Waals surface area contributed by atoms with Gasteiger partial charge in [0.25, 0.3) is 5.91 Å². The Morgan fingerprint density at radius 1 is 1.50 bits per heavy atom. The molecule has 1 aromatic rings. The van der Waals surface area contributed by atoms with Crippen molar-refractivity contribution in [2.45, 2.75) is 25.6 Å². The van der Waals surface area contributed by atoms with Gasteiger partial charge in [-0.1, -0.05) is 15.9 Å². The Morgan fingerprint density at radius 3 is 3.06 bits per heavy atom. The fraction of sp³-hybridized carbons (Fsp3) is 0.417. The Hall–Kier alpha value is -1.11. The van der Waals surface area contributed by atoms with Gasteiger partial charge in [0, 0.05) is 17.5 Å². The number of ether oxygens (including phenoxy) is 1. The Bertz CT molecular complexity index is 432. The molecular formula is C12H14BrNO4. The van der Waals surface area contributed by atoms with E-state index in [4.69, 9.17) is 9.57 Å². The van der Waals surface area contributed by atoms with E-state index < -0.39 is 12.2 Å². The molecule has 1 fully saturated rings. The number of carbonyl (C=O) groups excluding carboxylic acids is 1. The average molecular weight is 316 g/mol. The summed E-state index contributed by atoms with van der Waals surface area (Å²) in [6, 6.07) is 4.61. The number of hydroxylamine groups is 1. The summed E-state index contributed by atoms with van der Waals surface area (Å²) in [7, 11) is 0. The Kier molecular flexibility index (Phi) is 4.57. The van der Waals surface area contributed by atoms with Crippen LogP contribution in [0.2, 0.25) is 0 Å². The summed E-state index contributed by atoms with van der Waals surface area (Å²) >= 11 is 3.24. The van der Waals surface area contributed by atoms with E-state index in [0.717, 1.165) is 19.3 Å². The minimum absolute atomic E-state index is 0.0936. The van der Waals surface area contributed by atoms with Crippen LogP contribution < -0.4 is 5.48 Å². The summed E-state index contributed by atoms with van der Waals surface area (Å²) in [5, 5.41) is 9.57. The zero-order valence-corrected chi connectivity index (χ0v) is 11.3. The van der Waals surface area contributed by atoms with E-state index in [1.807, 2.05) is 0 Å². The molecule has 1 atom stereocenters. The number of rotatable bonds is 3. The van der Waals surface area contributed by atoms with E-state index >= 15 is 0 Å². The van der Waals surface area contributed by atoms with Crippen LogP contribution >= 0.6 is 15.9 Å². The summed E-state index contributed by atoms with van der Waals surface area (Å²) in [5.41, 5.74) is 2.44. The number of carbonyl (C=O) groups is 1. The molecule has 5 nitrogen and oxygen atoms in total. The van der Waals surface area contributed by atoms with Crippen LogP contribution in [0.15, 0.2) is 22.7 Å². The third-order valence-corrected chi connectivity index (χ3v) is 3.12. The Labute approximate surface area is 113 Å². The molecule has 0 unspecified atom stereocenters. The highest BCUT2D eigenvalue weighted by atomic mass is 79.9. The third-order valence-electron chi connectivity index (χ3n) is 2.62. The minimum Gasteiger partial charge on any atom is -0.507 e. The summed E-state index contributed by atoms with van der Waals surface area (Å²) in [4.78, 5) is 16.9. The highest BCUT2D eigenvalue weighted by Gasteiger charge is 2.17. The lowest BCUT2D eigenvalue weighted by Crippen LogP contribution is -2.33. The molecule has 18 heavy (non-hydrogen) atoms. The molecule has 2 rings (SSSR count). The van der Waals surface area contributed by atoms with Crippen LogP contribution in [0.1, 0.15) is 29.6 Å². The predicted molar refractivity (Wildman–Crippen MR) is 67.9 cm³/mol. The Morgan fingerprint density at radius 2 is 2.33 bits per heavy atom. The van der Waals surface area contributed by atoms with E-state index in [-0.39, 0.29) is 11.3 Å². The van der Waals surface area contributed by atoms with Gasteiger partial charge in [-0.05, 0) is 31.0 Å². The van der Waals surface area contributed by atoms with Crippen molar-refractivity contribution in [2.75, 3.05) is 6.61 Å². The lowest BCUT2D eigenvalue weighted by atomic mass is 10.2. The van der Waals surface area contributed by atoms with Crippen LogP contribution in [0.3, 0.4) is 0 Å². The lowest BCUT2D eigenvalue weighted by Gasteiger charge is -2.22. The van der Waals surface area contributed by atoms with Gasteiger partial charge in [-0.25, -0.2) is 10.3 Å². The molecule has 0 bridgehead atoms. The van der Waals surface area contributed by atoms with E-state index in [0.29, 0.717) is 11.1 Å². The lowest BCUT2D eigenvalue weighted by molar-refractivity contribution is -0.186. The second-order valence-electron chi connectivity index (χ2n) is 4.01. The average Bonchev–Trinajstić information content (AvgIpc) is 2.40. The minimum atomic E-state index is -0.497. The molecule has 1 aliphatic heterocycles. The van der Waals surface area contributed by atoms with Crippen molar-refractivity contribution in [3.63, 3.8) is 0 Å². The normalized spacial score (nSPS) is 19.5. The molecule has 1 heterocycles. The van der Waals surface area contributed by atoms with Gasteiger partial charge >= 0.3 is 0 Å². The first-order chi connectivity index (χ1) is 8.66. The Balaban J connectivity index is 1.92. The largest absolute Gasteiger partial charge is 0.507 e. The zero-order chi connectivity index (χ0) is 13.0. The summed E-state index contributed by atoms with van der Waals surface area (Å²) in [6.45, 7) is 0.642. The molecule has 2 N–H and O–H groups in total. The van der Waals surface area contributed by atoms with Crippen LogP contribution in [-0.2, 0) is 9.57 Å². The summed E-state index contributed by atoms with van der Waals surface area (Å²) in [5.74, 6) is -0.591. The molecule has 1 aromatic carbocycles. The highest BCUT2D eigenvalue weighted by molar-refractivity contribution is 9.10. The maximum absolute atomic E-state index is 11.8. The van der Waals surface area contributed by atoms with Gasteiger partial charge in [-0.15, -0.1) is 0 Å². The van der Waals surface area contributed by atoms with Gasteiger partial charge in [-0.3, -0.25) is 4.79 Å². The number of phenols is 1. The monoisotopic (exact) mass is 315 g/mol. The third kappa shape index (κ3) is 3.44. The van der Waals surface area contributed by atoms with Gasteiger partial charge < -0.3 is 9.84 Å². The maximum Gasteiger partial charge on any atom is 0.278 e. The molecule has 0 aromatic heterocycles. The second-order valence-corrected chi connectivity index (χ2v) is 4.92. The number of hydrogen-bond acceptors (Lipinski definition) is 4. The van der Waals surface area contributed by atoms with Crippen LogP contribution in [-0.4, -0.2) is 23.9 Å². The van der Waals surface area contributed by atoms with Gasteiger partial charge in [0.2, 0.25) is 0 Å². The first-order valence-electron chi connectivity index (χ1n) is 5.73. The molecule has 0 saturated carbocycles. The first kappa shape index (κ1) is 13.3. The van der Waals surface area contributed by atoms with Crippen molar-refractivity contribution in [2.24, 2.45) is 0 Å². The number of amides is 1. The van der Waals surface area contributed by atoms with Gasteiger partial charge in [0.15, 0.2) is 6.29 Å². The molecule has 1 aliphatic rings. The molecule has 1 saturated heterocycles. The maximum atomic E-state index is 11.8. The van der Waals surface area contributed by atoms with Crippen molar-refractivity contribution < 1.29 is 19.5 Å². The SMILES string of the molecule is O=C(NO[C@H]1CCCCO1)c1cc(Br)ccc1O. The van der Waals surface area contributed by atoms with Crippen LogP contribution in [0, 0.1) is 0 Å². The predicted octanol–water partition coefficient (Wildman–Crippen LogP) is 2.34. The molecular weight excluding hydrogens is 302 g/mol. The molecule has 6 heteroatoms. The summed E-state index contributed by atoms with van der Waals surface area (Å²) in [6.07, 6.45) is 2.38. The first-order valence-corrected chi connectivity index (χ1v) is 6.52. The van der Waals surface area contributed by atoms with Crippen molar-refractivity contribution in [1.29, 1.82) is 0 Å². The van der Waals surface area contributed by atoms with Crippen molar-refractivity contribution >= 4 is 21.8 Å². The van der Waals surface area contributed by atoms with Crippen LogP contribution in [0.25, 0.3) is 0 Å². The van der Waals surface area contributed by atoms with E-state index in [2.05, 4.69) is 21.4 Å². The van der Waals surface area contributed by atoms with Crippen molar-refractivity contribution in [1.82, 2.24) is 5.48 Å². The zero-order valence-electron chi connectivity index (χ0n) is 9.69. The smallest absolute Gasteiger partial charge is 0.278 e. The molecule has 1 amide bonds. The molecule has 0 aliphatic carbocycles. The number of benzene rings is 1. The molecule has 0 radical (unpaired) electrons. The quantitative estimate of drug-likeness (QED) is 0.840. The molecule has 98 valence electrons. The van der Waals surface area contributed by atoms with E-state index in [1.165, 1.54) is 12.1 Å². The van der Waals surface area contributed by atoms with E-state index in [1.54, 1.807) is 6.07 Å².